The zero-order valence-corrected chi connectivity index (χ0v) is 9.52. The summed E-state index contributed by atoms with van der Waals surface area (Å²) in [4.78, 5) is 11.4. The van der Waals surface area contributed by atoms with E-state index in [1.807, 2.05) is 0 Å². The Labute approximate surface area is 104 Å². The fourth-order valence-electron chi connectivity index (χ4n) is 1.07. The van der Waals surface area contributed by atoms with Gasteiger partial charge in [-0.1, -0.05) is 11.6 Å². The van der Waals surface area contributed by atoms with Crippen molar-refractivity contribution in [3.05, 3.63) is 28.8 Å². The normalized spacial score (nSPS) is 11.7. The molecule has 18 heavy (non-hydrogen) atoms. The summed E-state index contributed by atoms with van der Waals surface area (Å²) in [6.07, 6.45) is -3.88. The highest BCUT2D eigenvalue weighted by Crippen LogP contribution is 2.24. The number of benzene rings is 1. The van der Waals surface area contributed by atoms with Crippen LogP contribution in [0, 0.1) is 0 Å². The summed E-state index contributed by atoms with van der Waals surface area (Å²) in [7, 11) is 0. The summed E-state index contributed by atoms with van der Waals surface area (Å²) in [5.74, 6) is -5.94. The molecule has 100 valence electrons. The van der Waals surface area contributed by atoms with Crippen LogP contribution in [0.4, 0.5) is 17.6 Å². The lowest BCUT2D eigenvalue weighted by Gasteiger charge is -2.16. The first-order valence-corrected chi connectivity index (χ1v) is 5.04. The smallest absolute Gasteiger partial charge is 0.324 e. The van der Waals surface area contributed by atoms with Crippen molar-refractivity contribution >= 4 is 17.5 Å². The van der Waals surface area contributed by atoms with Crippen molar-refractivity contribution in [2.24, 2.45) is 0 Å². The Morgan fingerprint density at radius 2 is 2.06 bits per heavy atom. The van der Waals surface area contributed by atoms with Gasteiger partial charge < -0.3 is 10.4 Å². The maximum Gasteiger partial charge on any atom is 0.324 e. The van der Waals surface area contributed by atoms with Gasteiger partial charge in [0.15, 0.2) is 0 Å². The number of phenols is 1. The van der Waals surface area contributed by atoms with Gasteiger partial charge in [0.1, 0.15) is 5.75 Å². The number of hydrogen-bond donors (Lipinski definition) is 2. The Balaban J connectivity index is 2.72. The first kappa shape index (κ1) is 14.6. The molecule has 0 unspecified atom stereocenters. The van der Waals surface area contributed by atoms with Gasteiger partial charge in [0.2, 0.25) is 0 Å². The molecule has 0 saturated carbocycles. The number of halogens is 5. The standard InChI is InChI=1S/C10H8ClF4NO2/c11-5-1-2-6(7(17)3-5)8(18)16-4-10(14,15)9(12)13/h1-3,9,17H,4H2,(H,16,18). The fraction of sp³-hybridized carbons (Fsp3) is 0.300. The lowest BCUT2D eigenvalue weighted by molar-refractivity contribution is -0.123. The highest BCUT2D eigenvalue weighted by atomic mass is 35.5. The minimum absolute atomic E-state index is 0.141. The van der Waals surface area contributed by atoms with Crippen molar-refractivity contribution < 1.29 is 27.5 Å². The molecule has 0 bridgehead atoms. The van der Waals surface area contributed by atoms with E-state index in [1.54, 1.807) is 5.32 Å². The summed E-state index contributed by atoms with van der Waals surface area (Å²) in [5.41, 5.74) is -0.329. The van der Waals surface area contributed by atoms with Crippen LogP contribution >= 0.6 is 11.6 Å². The molecule has 0 radical (unpaired) electrons. The topological polar surface area (TPSA) is 49.3 Å². The van der Waals surface area contributed by atoms with Crippen LogP contribution in [0.1, 0.15) is 10.4 Å². The second-order valence-electron chi connectivity index (χ2n) is 3.41. The molecule has 0 spiro atoms. The molecule has 3 nitrogen and oxygen atoms in total. The van der Waals surface area contributed by atoms with E-state index in [1.165, 1.54) is 6.07 Å². The Bertz CT molecular complexity index is 454. The largest absolute Gasteiger partial charge is 0.507 e. The zero-order valence-electron chi connectivity index (χ0n) is 8.76. The molecular formula is C10H8ClF4NO2. The van der Waals surface area contributed by atoms with E-state index in [0.717, 1.165) is 12.1 Å². The molecular weight excluding hydrogens is 278 g/mol. The first-order chi connectivity index (χ1) is 8.24. The van der Waals surface area contributed by atoms with E-state index in [4.69, 9.17) is 11.6 Å². The summed E-state index contributed by atoms with van der Waals surface area (Å²) in [6.45, 7) is -1.52. The first-order valence-electron chi connectivity index (χ1n) is 4.66. The van der Waals surface area contributed by atoms with Gasteiger partial charge in [0.25, 0.3) is 5.91 Å². The summed E-state index contributed by atoms with van der Waals surface area (Å²) >= 11 is 5.50. The van der Waals surface area contributed by atoms with Crippen molar-refractivity contribution in [3.63, 3.8) is 0 Å². The maximum atomic E-state index is 12.5. The Hall–Kier alpha value is -1.50. The van der Waals surface area contributed by atoms with Gasteiger partial charge in [-0.2, -0.15) is 8.78 Å². The van der Waals surface area contributed by atoms with Crippen LogP contribution in [0.5, 0.6) is 5.75 Å². The van der Waals surface area contributed by atoms with Crippen molar-refractivity contribution in [2.45, 2.75) is 12.3 Å². The number of alkyl halides is 4. The highest BCUT2D eigenvalue weighted by molar-refractivity contribution is 6.30. The van der Waals surface area contributed by atoms with Gasteiger partial charge in [0.05, 0.1) is 12.1 Å². The average molecular weight is 286 g/mol. The van der Waals surface area contributed by atoms with E-state index >= 15 is 0 Å². The molecule has 0 aliphatic heterocycles. The molecule has 0 heterocycles. The second kappa shape index (κ2) is 5.43. The van der Waals surface area contributed by atoms with Gasteiger partial charge in [-0.25, -0.2) is 8.78 Å². The fourth-order valence-corrected chi connectivity index (χ4v) is 1.23. The number of hydrogen-bond acceptors (Lipinski definition) is 2. The summed E-state index contributed by atoms with van der Waals surface area (Å²) < 4.78 is 48.7. The SMILES string of the molecule is O=C(NCC(F)(F)C(F)F)c1ccc(Cl)cc1O. The molecule has 0 aliphatic carbocycles. The number of carbonyl (C=O) groups excluding carboxylic acids is 1. The Kier molecular flexibility index (Phi) is 4.39. The van der Waals surface area contributed by atoms with Gasteiger partial charge in [-0.3, -0.25) is 4.79 Å². The molecule has 0 fully saturated rings. The maximum absolute atomic E-state index is 12.5. The highest BCUT2D eigenvalue weighted by Gasteiger charge is 2.40. The number of carbonyl (C=O) groups is 1. The quantitative estimate of drug-likeness (QED) is 0.836. The van der Waals surface area contributed by atoms with Gasteiger partial charge >= 0.3 is 12.3 Å². The van der Waals surface area contributed by atoms with Crippen molar-refractivity contribution in [3.8, 4) is 5.75 Å². The molecule has 0 aromatic heterocycles. The monoisotopic (exact) mass is 285 g/mol. The third kappa shape index (κ3) is 3.49. The Morgan fingerprint density at radius 3 is 2.56 bits per heavy atom. The predicted octanol–water partition coefficient (Wildman–Crippen LogP) is 2.68. The van der Waals surface area contributed by atoms with Crippen molar-refractivity contribution in [1.29, 1.82) is 0 Å². The minimum atomic E-state index is -4.32. The van der Waals surface area contributed by atoms with E-state index in [9.17, 15) is 27.5 Å². The third-order valence-electron chi connectivity index (χ3n) is 2.01. The lowest BCUT2D eigenvalue weighted by atomic mass is 10.2. The van der Waals surface area contributed by atoms with Gasteiger partial charge in [-0.15, -0.1) is 0 Å². The van der Waals surface area contributed by atoms with Crippen molar-refractivity contribution in [2.75, 3.05) is 6.54 Å². The molecule has 1 rings (SSSR count). The average Bonchev–Trinajstić information content (AvgIpc) is 2.25. The molecule has 0 atom stereocenters. The molecule has 0 saturated heterocycles. The lowest BCUT2D eigenvalue weighted by Crippen LogP contribution is -2.41. The number of aromatic hydroxyl groups is 1. The van der Waals surface area contributed by atoms with Crippen LogP contribution in [-0.2, 0) is 0 Å². The van der Waals surface area contributed by atoms with E-state index in [0.29, 0.717) is 0 Å². The number of rotatable bonds is 4. The molecule has 8 heteroatoms. The van der Waals surface area contributed by atoms with Crippen LogP contribution in [0.3, 0.4) is 0 Å². The summed E-state index contributed by atoms with van der Waals surface area (Å²) in [6, 6.07) is 3.37. The van der Waals surface area contributed by atoms with Crippen molar-refractivity contribution in [1.82, 2.24) is 5.32 Å². The third-order valence-corrected chi connectivity index (χ3v) is 2.24. The minimum Gasteiger partial charge on any atom is -0.507 e. The molecule has 1 aromatic rings. The van der Waals surface area contributed by atoms with Crippen LogP contribution in [0.15, 0.2) is 18.2 Å². The molecule has 1 aromatic carbocycles. The van der Waals surface area contributed by atoms with Crippen LogP contribution < -0.4 is 5.32 Å². The zero-order chi connectivity index (χ0) is 13.9. The van der Waals surface area contributed by atoms with Gasteiger partial charge in [-0.05, 0) is 18.2 Å². The van der Waals surface area contributed by atoms with Crippen LogP contribution in [0.2, 0.25) is 5.02 Å². The second-order valence-corrected chi connectivity index (χ2v) is 3.84. The van der Waals surface area contributed by atoms with Gasteiger partial charge in [0, 0.05) is 5.02 Å². The number of nitrogens with one attached hydrogen (secondary N) is 1. The van der Waals surface area contributed by atoms with E-state index < -0.39 is 30.5 Å². The Morgan fingerprint density at radius 1 is 1.44 bits per heavy atom. The molecule has 1 amide bonds. The molecule has 0 aliphatic rings. The predicted molar refractivity (Wildman–Crippen MR) is 56.4 cm³/mol. The molecule has 2 N–H and O–H groups in total. The van der Waals surface area contributed by atoms with E-state index in [-0.39, 0.29) is 10.6 Å². The summed E-state index contributed by atoms with van der Waals surface area (Å²) in [5, 5.41) is 11.1. The van der Waals surface area contributed by atoms with Crippen LogP contribution in [-0.4, -0.2) is 29.9 Å². The van der Waals surface area contributed by atoms with E-state index in [2.05, 4.69) is 0 Å². The van der Waals surface area contributed by atoms with Crippen LogP contribution in [0.25, 0.3) is 0 Å². The number of amides is 1. The number of phenolic OH excluding ortho intramolecular Hbond substituents is 1.